The van der Waals surface area contributed by atoms with Crippen LogP contribution in [0.3, 0.4) is 0 Å². The molecule has 0 bridgehead atoms. The molecule has 0 aromatic heterocycles. The third-order valence-corrected chi connectivity index (χ3v) is 6.39. The molecule has 21 heavy (non-hydrogen) atoms. The number of carbonyl (C=O) groups is 1. The van der Waals surface area contributed by atoms with Gasteiger partial charge >= 0.3 is 0 Å². The molecule has 1 aliphatic carbocycles. The molecule has 1 aromatic rings. The van der Waals surface area contributed by atoms with Crippen molar-refractivity contribution < 1.29 is 4.79 Å². The number of halogens is 1. The standard InChI is InChI=1S/C16H19ClN2OS/c17-12-5-3-11(4-6-12)14-18-16(7-8-16)15(20)19(14)10-13-2-1-9-21-13/h3-6,13-14,18H,1-2,7-10H2. The lowest BCUT2D eigenvalue weighted by Crippen LogP contribution is -2.36. The van der Waals surface area contributed by atoms with Gasteiger partial charge in [-0.1, -0.05) is 23.7 Å². The molecule has 2 atom stereocenters. The first-order valence-corrected chi connectivity index (χ1v) is 9.06. The van der Waals surface area contributed by atoms with Crippen LogP contribution in [0, 0.1) is 0 Å². The molecule has 1 aromatic carbocycles. The second kappa shape index (κ2) is 5.18. The Hall–Kier alpha value is -0.710. The number of nitrogens with zero attached hydrogens (tertiary/aromatic N) is 1. The van der Waals surface area contributed by atoms with Crippen molar-refractivity contribution in [2.45, 2.75) is 42.6 Å². The minimum absolute atomic E-state index is 0.0125. The van der Waals surface area contributed by atoms with Crippen LogP contribution < -0.4 is 5.32 Å². The second-order valence-corrected chi connectivity index (χ2v) is 8.12. The maximum atomic E-state index is 12.8. The SMILES string of the molecule is O=C1N(CC2CCCS2)C(c2ccc(Cl)cc2)NC12CC2. The molecule has 1 amide bonds. The molecule has 1 saturated carbocycles. The van der Waals surface area contributed by atoms with E-state index in [0.717, 1.165) is 30.0 Å². The van der Waals surface area contributed by atoms with Gasteiger partial charge in [-0.25, -0.2) is 0 Å². The van der Waals surface area contributed by atoms with E-state index in [4.69, 9.17) is 11.6 Å². The van der Waals surface area contributed by atoms with Gasteiger partial charge in [-0.15, -0.1) is 0 Å². The molecule has 0 radical (unpaired) electrons. The van der Waals surface area contributed by atoms with Gasteiger partial charge < -0.3 is 4.90 Å². The van der Waals surface area contributed by atoms with E-state index in [0.29, 0.717) is 11.2 Å². The average molecular weight is 323 g/mol. The summed E-state index contributed by atoms with van der Waals surface area (Å²) in [4.78, 5) is 14.8. The number of hydrogen-bond donors (Lipinski definition) is 1. The van der Waals surface area contributed by atoms with E-state index >= 15 is 0 Å². The number of nitrogens with one attached hydrogen (secondary N) is 1. The summed E-state index contributed by atoms with van der Waals surface area (Å²) in [5.74, 6) is 1.53. The number of hydrogen-bond acceptors (Lipinski definition) is 3. The normalized spacial score (nSPS) is 30.3. The Balaban J connectivity index is 1.60. The van der Waals surface area contributed by atoms with Crippen molar-refractivity contribution in [3.05, 3.63) is 34.9 Å². The number of amides is 1. The zero-order valence-electron chi connectivity index (χ0n) is 11.8. The molecule has 4 rings (SSSR count). The van der Waals surface area contributed by atoms with Crippen molar-refractivity contribution in [1.29, 1.82) is 0 Å². The third kappa shape index (κ3) is 2.47. The molecule has 3 aliphatic rings. The first kappa shape index (κ1) is 13.9. The van der Waals surface area contributed by atoms with Crippen LogP contribution in [0.5, 0.6) is 0 Å². The van der Waals surface area contributed by atoms with Crippen LogP contribution in [0.2, 0.25) is 5.02 Å². The lowest BCUT2D eigenvalue weighted by molar-refractivity contribution is -0.130. The molecular weight excluding hydrogens is 304 g/mol. The smallest absolute Gasteiger partial charge is 0.244 e. The van der Waals surface area contributed by atoms with Crippen molar-refractivity contribution >= 4 is 29.3 Å². The van der Waals surface area contributed by atoms with Crippen LogP contribution in [-0.4, -0.2) is 33.9 Å². The first-order chi connectivity index (χ1) is 10.2. The van der Waals surface area contributed by atoms with Crippen molar-refractivity contribution in [2.24, 2.45) is 0 Å². The van der Waals surface area contributed by atoms with E-state index in [-0.39, 0.29) is 11.7 Å². The monoisotopic (exact) mass is 322 g/mol. The zero-order valence-corrected chi connectivity index (χ0v) is 13.4. The third-order valence-electron chi connectivity index (χ3n) is 4.75. The average Bonchev–Trinajstić information content (AvgIpc) is 2.99. The Kier molecular flexibility index (Phi) is 3.43. The van der Waals surface area contributed by atoms with Gasteiger partial charge in [-0.05, 0) is 49.1 Å². The van der Waals surface area contributed by atoms with Gasteiger partial charge in [0.25, 0.3) is 0 Å². The number of rotatable bonds is 3. The summed E-state index contributed by atoms with van der Waals surface area (Å²) < 4.78 is 0. The van der Waals surface area contributed by atoms with Gasteiger partial charge in [0, 0.05) is 16.8 Å². The zero-order chi connectivity index (χ0) is 14.4. The molecule has 112 valence electrons. The number of carbonyl (C=O) groups excluding carboxylic acids is 1. The molecule has 2 heterocycles. The van der Waals surface area contributed by atoms with Gasteiger partial charge in [0.15, 0.2) is 0 Å². The Bertz CT molecular complexity index is 552. The maximum Gasteiger partial charge on any atom is 0.244 e. The van der Waals surface area contributed by atoms with Crippen molar-refractivity contribution in [1.82, 2.24) is 10.2 Å². The predicted molar refractivity (Wildman–Crippen MR) is 86.5 cm³/mol. The van der Waals surface area contributed by atoms with Crippen LogP contribution in [0.1, 0.15) is 37.4 Å². The fraction of sp³-hybridized carbons (Fsp3) is 0.562. The number of thioether (sulfide) groups is 1. The summed E-state index contributed by atoms with van der Waals surface area (Å²) in [6, 6.07) is 7.87. The van der Waals surface area contributed by atoms with E-state index in [1.165, 1.54) is 18.6 Å². The van der Waals surface area contributed by atoms with E-state index in [1.54, 1.807) is 0 Å². The molecule has 5 heteroatoms. The van der Waals surface area contributed by atoms with Crippen LogP contribution in [0.25, 0.3) is 0 Å². The minimum Gasteiger partial charge on any atom is -0.320 e. The lowest BCUT2D eigenvalue weighted by atomic mass is 10.1. The fourth-order valence-electron chi connectivity index (χ4n) is 3.38. The highest BCUT2D eigenvalue weighted by molar-refractivity contribution is 8.00. The fourth-order valence-corrected chi connectivity index (χ4v) is 4.77. The highest BCUT2D eigenvalue weighted by Gasteiger charge is 2.59. The first-order valence-electron chi connectivity index (χ1n) is 7.64. The van der Waals surface area contributed by atoms with Crippen LogP contribution >= 0.6 is 23.4 Å². The highest BCUT2D eigenvalue weighted by Crippen LogP contribution is 2.46. The molecule has 3 fully saturated rings. The van der Waals surface area contributed by atoms with E-state index in [9.17, 15) is 4.79 Å². The van der Waals surface area contributed by atoms with Crippen molar-refractivity contribution in [3.8, 4) is 0 Å². The largest absolute Gasteiger partial charge is 0.320 e. The molecule has 3 nitrogen and oxygen atoms in total. The summed E-state index contributed by atoms with van der Waals surface area (Å²) in [6.45, 7) is 0.867. The Labute approximate surface area is 134 Å². The molecule has 1 spiro atoms. The van der Waals surface area contributed by atoms with Crippen LogP contribution in [0.4, 0.5) is 0 Å². The van der Waals surface area contributed by atoms with Crippen LogP contribution in [-0.2, 0) is 4.79 Å². The van der Waals surface area contributed by atoms with Gasteiger partial charge in [0.1, 0.15) is 11.7 Å². The molecule has 2 saturated heterocycles. The second-order valence-electron chi connectivity index (χ2n) is 6.27. The topological polar surface area (TPSA) is 32.3 Å². The summed E-state index contributed by atoms with van der Waals surface area (Å²) in [5, 5.41) is 4.91. The lowest BCUT2D eigenvalue weighted by Gasteiger charge is -2.27. The maximum absolute atomic E-state index is 12.8. The van der Waals surface area contributed by atoms with Gasteiger partial charge in [0.2, 0.25) is 5.91 Å². The molecular formula is C16H19ClN2OS. The van der Waals surface area contributed by atoms with Crippen molar-refractivity contribution in [3.63, 3.8) is 0 Å². The minimum atomic E-state index is -0.256. The van der Waals surface area contributed by atoms with E-state index < -0.39 is 0 Å². The quantitative estimate of drug-likeness (QED) is 0.927. The molecule has 1 N–H and O–H groups in total. The van der Waals surface area contributed by atoms with E-state index in [1.807, 2.05) is 36.0 Å². The Morgan fingerprint density at radius 2 is 2.10 bits per heavy atom. The van der Waals surface area contributed by atoms with Crippen LogP contribution in [0.15, 0.2) is 24.3 Å². The van der Waals surface area contributed by atoms with Gasteiger partial charge in [-0.2, -0.15) is 11.8 Å². The van der Waals surface area contributed by atoms with Gasteiger partial charge in [-0.3, -0.25) is 10.1 Å². The Morgan fingerprint density at radius 1 is 1.33 bits per heavy atom. The summed E-state index contributed by atoms with van der Waals surface area (Å²) in [5.41, 5.74) is 0.882. The summed E-state index contributed by atoms with van der Waals surface area (Å²) >= 11 is 7.99. The predicted octanol–water partition coefficient (Wildman–Crippen LogP) is 3.20. The molecule has 2 unspecified atom stereocenters. The summed E-state index contributed by atoms with van der Waals surface area (Å²) in [6.07, 6.45) is 4.48. The Morgan fingerprint density at radius 3 is 2.71 bits per heavy atom. The van der Waals surface area contributed by atoms with Gasteiger partial charge in [0.05, 0.1) is 0 Å². The number of benzene rings is 1. The van der Waals surface area contributed by atoms with E-state index in [2.05, 4.69) is 10.2 Å². The highest BCUT2D eigenvalue weighted by atomic mass is 35.5. The van der Waals surface area contributed by atoms with Crippen molar-refractivity contribution in [2.75, 3.05) is 12.3 Å². The molecule has 2 aliphatic heterocycles. The summed E-state index contributed by atoms with van der Waals surface area (Å²) in [7, 11) is 0.